The highest BCUT2D eigenvalue weighted by Gasteiger charge is 2.53. The van der Waals surface area contributed by atoms with E-state index in [4.69, 9.17) is 9.31 Å². The molecule has 1 aromatic heterocycles. The molecule has 1 amide bonds. The van der Waals surface area contributed by atoms with Crippen LogP contribution in [0.2, 0.25) is 5.82 Å². The van der Waals surface area contributed by atoms with E-state index in [0.717, 1.165) is 42.3 Å². The number of piperidine rings is 1. The van der Waals surface area contributed by atoms with Gasteiger partial charge < -0.3 is 14.2 Å². The minimum absolute atomic E-state index is 0.0965. The van der Waals surface area contributed by atoms with Crippen LogP contribution in [0.15, 0.2) is 36.7 Å². The summed E-state index contributed by atoms with van der Waals surface area (Å²) in [5.74, 6) is 0.422. The van der Waals surface area contributed by atoms with Crippen LogP contribution in [0.5, 0.6) is 0 Å². The molecule has 2 aromatic rings. The smallest absolute Gasteiger partial charge is 0.403 e. The van der Waals surface area contributed by atoms with Gasteiger partial charge in [-0.15, -0.1) is 0 Å². The van der Waals surface area contributed by atoms with Crippen LogP contribution < -0.4 is 0 Å². The molecular weight excluding hydrogens is 339 g/mol. The molecule has 2 fully saturated rings. The summed E-state index contributed by atoms with van der Waals surface area (Å²) in [6.07, 6.45) is 5.34. The maximum absolute atomic E-state index is 13.1. The van der Waals surface area contributed by atoms with Crippen molar-refractivity contribution < 1.29 is 14.1 Å². The highest BCUT2D eigenvalue weighted by Crippen LogP contribution is 2.42. The molecule has 142 valence electrons. The molecular formula is C21H27BN2O3. The van der Waals surface area contributed by atoms with Crippen LogP contribution >= 0.6 is 0 Å². The summed E-state index contributed by atoms with van der Waals surface area (Å²) < 4.78 is 12.4. The van der Waals surface area contributed by atoms with Crippen LogP contribution in [0.25, 0.3) is 10.8 Å². The van der Waals surface area contributed by atoms with E-state index in [1.165, 1.54) is 0 Å². The minimum Gasteiger partial charge on any atom is -0.403 e. The molecule has 0 atom stereocenters. The van der Waals surface area contributed by atoms with E-state index < -0.39 is 0 Å². The standard InChI is InChI=1S/C21H27BN2O3/c1-20(2)21(3,4)27-22(26-20)16-9-12-24(13-10-16)19(25)18-7-5-6-15-14-23-11-8-17(15)18/h5-8,11,14,16H,9-10,12-13H2,1-4H3. The lowest BCUT2D eigenvalue weighted by atomic mass is 9.66. The molecule has 0 unspecified atom stereocenters. The fraction of sp³-hybridized carbons (Fsp3) is 0.524. The summed E-state index contributed by atoms with van der Waals surface area (Å²) in [5.41, 5.74) is 0.146. The van der Waals surface area contributed by atoms with Gasteiger partial charge in [-0.2, -0.15) is 0 Å². The van der Waals surface area contributed by atoms with Crippen molar-refractivity contribution in [3.05, 3.63) is 42.2 Å². The Labute approximate surface area is 161 Å². The number of amides is 1. The van der Waals surface area contributed by atoms with E-state index in [-0.39, 0.29) is 24.2 Å². The molecule has 5 nitrogen and oxygen atoms in total. The van der Waals surface area contributed by atoms with Crippen LogP contribution in [0.3, 0.4) is 0 Å². The van der Waals surface area contributed by atoms with Crippen LogP contribution in [-0.2, 0) is 9.31 Å². The van der Waals surface area contributed by atoms with E-state index in [1.807, 2.05) is 29.2 Å². The average Bonchev–Trinajstić information content (AvgIpc) is 2.88. The lowest BCUT2D eigenvalue weighted by Gasteiger charge is -2.33. The molecule has 6 heteroatoms. The highest BCUT2D eigenvalue weighted by molar-refractivity contribution is 6.47. The Morgan fingerprint density at radius 1 is 1.11 bits per heavy atom. The van der Waals surface area contributed by atoms with Crippen molar-refractivity contribution in [1.29, 1.82) is 0 Å². The van der Waals surface area contributed by atoms with Crippen LogP contribution in [0.1, 0.15) is 50.9 Å². The van der Waals surface area contributed by atoms with Gasteiger partial charge in [0.1, 0.15) is 0 Å². The van der Waals surface area contributed by atoms with Crippen molar-refractivity contribution in [3.63, 3.8) is 0 Å². The molecule has 0 bridgehead atoms. The number of hydrogen-bond donors (Lipinski definition) is 0. The lowest BCUT2D eigenvalue weighted by Crippen LogP contribution is -2.41. The number of rotatable bonds is 2. The number of hydrogen-bond acceptors (Lipinski definition) is 4. The number of carbonyl (C=O) groups is 1. The van der Waals surface area contributed by atoms with Gasteiger partial charge in [0, 0.05) is 36.4 Å². The van der Waals surface area contributed by atoms with E-state index >= 15 is 0 Å². The summed E-state index contributed by atoms with van der Waals surface area (Å²) in [6, 6.07) is 7.74. The third-order valence-electron chi connectivity index (χ3n) is 6.39. The maximum atomic E-state index is 13.1. The predicted molar refractivity (Wildman–Crippen MR) is 107 cm³/mol. The number of nitrogens with zero attached hydrogens (tertiary/aromatic N) is 2. The third-order valence-corrected chi connectivity index (χ3v) is 6.39. The molecule has 2 aliphatic rings. The van der Waals surface area contributed by atoms with Gasteiger partial charge in [0.15, 0.2) is 0 Å². The van der Waals surface area contributed by atoms with Gasteiger partial charge in [0.25, 0.3) is 5.91 Å². The summed E-state index contributed by atoms with van der Waals surface area (Å²) >= 11 is 0. The van der Waals surface area contributed by atoms with Crippen molar-refractivity contribution in [3.8, 4) is 0 Å². The Morgan fingerprint density at radius 3 is 2.44 bits per heavy atom. The van der Waals surface area contributed by atoms with Crippen molar-refractivity contribution in [2.45, 2.75) is 57.6 Å². The topological polar surface area (TPSA) is 51.7 Å². The van der Waals surface area contributed by atoms with E-state index in [2.05, 4.69) is 32.7 Å². The molecule has 0 saturated carbocycles. The van der Waals surface area contributed by atoms with Crippen molar-refractivity contribution in [2.75, 3.05) is 13.1 Å². The van der Waals surface area contributed by atoms with Crippen molar-refractivity contribution in [1.82, 2.24) is 9.88 Å². The molecule has 2 aliphatic heterocycles. The Balaban J connectivity index is 1.44. The predicted octanol–water partition coefficient (Wildman–Crippen LogP) is 3.93. The molecule has 27 heavy (non-hydrogen) atoms. The van der Waals surface area contributed by atoms with Gasteiger partial charge in [-0.3, -0.25) is 9.78 Å². The molecule has 0 N–H and O–H groups in total. The summed E-state index contributed by atoms with van der Waals surface area (Å²) in [7, 11) is -0.184. The molecule has 0 spiro atoms. The second-order valence-electron chi connectivity index (χ2n) is 8.66. The second kappa shape index (κ2) is 6.60. The minimum atomic E-state index is -0.304. The number of pyridine rings is 1. The average molecular weight is 366 g/mol. The van der Waals surface area contributed by atoms with Gasteiger partial charge in [-0.05, 0) is 63.9 Å². The third kappa shape index (κ3) is 3.25. The first-order chi connectivity index (χ1) is 12.8. The zero-order chi connectivity index (χ0) is 19.2. The molecule has 0 aliphatic carbocycles. The quantitative estimate of drug-likeness (QED) is 0.756. The Hall–Kier alpha value is -1.92. The zero-order valence-corrected chi connectivity index (χ0v) is 16.6. The van der Waals surface area contributed by atoms with E-state index in [1.54, 1.807) is 12.4 Å². The SMILES string of the molecule is CC1(C)OB(C2CCN(C(=O)c3cccc4cnccc34)CC2)OC1(C)C. The Kier molecular flexibility index (Phi) is 4.51. The van der Waals surface area contributed by atoms with Crippen molar-refractivity contribution in [2.24, 2.45) is 0 Å². The number of aromatic nitrogens is 1. The number of fused-ring (bicyclic) bond motifs is 1. The highest BCUT2D eigenvalue weighted by atomic mass is 16.7. The van der Waals surface area contributed by atoms with Gasteiger partial charge in [-0.1, -0.05) is 12.1 Å². The first-order valence-electron chi connectivity index (χ1n) is 9.76. The van der Waals surface area contributed by atoms with Crippen LogP contribution in [0.4, 0.5) is 0 Å². The van der Waals surface area contributed by atoms with Crippen LogP contribution in [0, 0.1) is 0 Å². The van der Waals surface area contributed by atoms with Gasteiger partial charge in [0.05, 0.1) is 11.2 Å². The summed E-state index contributed by atoms with van der Waals surface area (Å²) in [6.45, 7) is 9.80. The zero-order valence-electron chi connectivity index (χ0n) is 16.6. The molecule has 2 saturated heterocycles. The second-order valence-corrected chi connectivity index (χ2v) is 8.66. The lowest BCUT2D eigenvalue weighted by molar-refractivity contribution is 0.00578. The maximum Gasteiger partial charge on any atom is 0.461 e. The van der Waals surface area contributed by atoms with Crippen LogP contribution in [-0.4, -0.2) is 47.2 Å². The first kappa shape index (κ1) is 18.4. The fourth-order valence-corrected chi connectivity index (χ4v) is 3.94. The van der Waals surface area contributed by atoms with E-state index in [9.17, 15) is 4.79 Å². The van der Waals surface area contributed by atoms with Gasteiger partial charge in [-0.25, -0.2) is 0 Å². The van der Waals surface area contributed by atoms with Gasteiger partial charge >= 0.3 is 7.12 Å². The van der Waals surface area contributed by atoms with E-state index in [0.29, 0.717) is 5.82 Å². The Bertz CT molecular complexity index is 838. The monoisotopic (exact) mass is 366 g/mol. The molecule has 1 aromatic carbocycles. The fourth-order valence-electron chi connectivity index (χ4n) is 3.94. The Morgan fingerprint density at radius 2 is 1.78 bits per heavy atom. The van der Waals surface area contributed by atoms with Gasteiger partial charge in [0.2, 0.25) is 0 Å². The largest absolute Gasteiger partial charge is 0.461 e. The molecule has 4 rings (SSSR count). The first-order valence-corrected chi connectivity index (χ1v) is 9.76. The summed E-state index contributed by atoms with van der Waals surface area (Å²) in [4.78, 5) is 19.2. The molecule has 3 heterocycles. The van der Waals surface area contributed by atoms with Crippen molar-refractivity contribution >= 4 is 23.8 Å². The number of benzene rings is 1. The number of likely N-dealkylation sites (tertiary alicyclic amines) is 1. The number of carbonyl (C=O) groups excluding carboxylic acids is 1. The summed E-state index contributed by atoms with van der Waals surface area (Å²) in [5, 5.41) is 1.96. The normalized spacial score (nSPS) is 22.4. The molecule has 0 radical (unpaired) electrons.